The number of nitrogens with one attached hydrogen (secondary N) is 1. The molecule has 0 heterocycles. The zero-order valence-electron chi connectivity index (χ0n) is 7.21. The number of nitrogens with two attached hydrogens (primary N) is 1. The maximum atomic E-state index is 12.9. The van der Waals surface area contributed by atoms with E-state index in [1.165, 1.54) is 13.0 Å². The van der Waals surface area contributed by atoms with Gasteiger partial charge >= 0.3 is 0 Å². The number of hydrogen-bond donors (Lipinski definition) is 2. The van der Waals surface area contributed by atoms with Crippen LogP contribution in [-0.2, 0) is 10.2 Å². The molecule has 7 heteroatoms. The molecule has 78 valence electrons. The maximum Gasteiger partial charge on any atom is 0.296 e. The molecule has 3 N–H and O–H groups in total. The Morgan fingerprint density at radius 1 is 1.50 bits per heavy atom. The van der Waals surface area contributed by atoms with Crippen LogP contribution in [0, 0.1) is 12.7 Å². The Labute approximate surface area is 86.1 Å². The number of anilines is 1. The van der Waals surface area contributed by atoms with E-state index in [2.05, 4.69) is 0 Å². The summed E-state index contributed by atoms with van der Waals surface area (Å²) < 4.78 is 36.2. The van der Waals surface area contributed by atoms with Crippen molar-refractivity contribution >= 4 is 27.5 Å². The fraction of sp³-hybridized carbons (Fsp3) is 0.143. The smallest absolute Gasteiger partial charge is 0.270 e. The lowest BCUT2D eigenvalue weighted by Gasteiger charge is -2.07. The summed E-state index contributed by atoms with van der Waals surface area (Å²) in [7, 11) is -3.89. The summed E-state index contributed by atoms with van der Waals surface area (Å²) >= 11 is 5.59. The lowest BCUT2D eigenvalue weighted by atomic mass is 10.2. The fourth-order valence-corrected chi connectivity index (χ4v) is 1.62. The van der Waals surface area contributed by atoms with E-state index >= 15 is 0 Å². The van der Waals surface area contributed by atoms with Gasteiger partial charge in [0, 0.05) is 0 Å². The number of rotatable bonds is 2. The highest BCUT2D eigenvalue weighted by Crippen LogP contribution is 2.25. The van der Waals surface area contributed by atoms with Gasteiger partial charge < -0.3 is 0 Å². The first-order chi connectivity index (χ1) is 6.29. The predicted molar refractivity (Wildman–Crippen MR) is 52.9 cm³/mol. The van der Waals surface area contributed by atoms with Crippen LogP contribution in [0.3, 0.4) is 0 Å². The van der Waals surface area contributed by atoms with E-state index in [9.17, 15) is 12.8 Å². The van der Waals surface area contributed by atoms with Gasteiger partial charge in [0.05, 0.1) is 10.7 Å². The molecule has 0 atom stereocenters. The van der Waals surface area contributed by atoms with Crippen LogP contribution in [0.15, 0.2) is 12.1 Å². The first-order valence-electron chi connectivity index (χ1n) is 3.56. The van der Waals surface area contributed by atoms with Gasteiger partial charge in [-0.15, -0.1) is 0 Å². The van der Waals surface area contributed by atoms with E-state index in [-0.39, 0.29) is 16.3 Å². The maximum absolute atomic E-state index is 12.9. The Morgan fingerprint density at radius 3 is 2.57 bits per heavy atom. The normalized spacial score (nSPS) is 11.4. The minimum Gasteiger partial charge on any atom is -0.270 e. The molecule has 0 aliphatic rings. The van der Waals surface area contributed by atoms with Gasteiger partial charge in [0.15, 0.2) is 0 Å². The largest absolute Gasteiger partial charge is 0.296 e. The predicted octanol–water partition coefficient (Wildman–Crippen LogP) is 1.40. The van der Waals surface area contributed by atoms with Gasteiger partial charge in [0.2, 0.25) is 0 Å². The molecular weight excluding hydrogens is 231 g/mol. The Bertz CT molecular complexity index is 461. The second kappa shape index (κ2) is 3.72. The van der Waals surface area contributed by atoms with Crippen LogP contribution in [-0.4, -0.2) is 8.42 Å². The summed E-state index contributed by atoms with van der Waals surface area (Å²) in [5.74, 6) is -0.505. The van der Waals surface area contributed by atoms with Crippen molar-refractivity contribution in [3.05, 3.63) is 28.5 Å². The molecule has 1 aromatic rings. The molecule has 0 aliphatic carbocycles. The van der Waals surface area contributed by atoms with E-state index in [4.69, 9.17) is 16.7 Å². The third-order valence-electron chi connectivity index (χ3n) is 1.50. The molecule has 0 aliphatic heterocycles. The van der Waals surface area contributed by atoms with E-state index in [1.54, 1.807) is 0 Å². The van der Waals surface area contributed by atoms with Crippen LogP contribution in [0.4, 0.5) is 10.1 Å². The van der Waals surface area contributed by atoms with Gasteiger partial charge in [-0.1, -0.05) is 11.6 Å². The zero-order chi connectivity index (χ0) is 10.9. The number of benzene rings is 1. The lowest BCUT2D eigenvalue weighted by molar-refractivity contribution is 0.602. The van der Waals surface area contributed by atoms with E-state index in [1.807, 2.05) is 4.72 Å². The summed E-state index contributed by atoms with van der Waals surface area (Å²) in [5.41, 5.74) is 0.341. The number of halogens is 2. The van der Waals surface area contributed by atoms with Crippen molar-refractivity contribution in [1.82, 2.24) is 0 Å². The molecule has 0 spiro atoms. The average Bonchev–Trinajstić information content (AvgIpc) is 1.97. The number of hydrogen-bond acceptors (Lipinski definition) is 2. The van der Waals surface area contributed by atoms with Gasteiger partial charge in [-0.3, -0.25) is 4.72 Å². The summed E-state index contributed by atoms with van der Waals surface area (Å²) in [6.45, 7) is 1.49. The van der Waals surface area contributed by atoms with Gasteiger partial charge in [-0.2, -0.15) is 8.42 Å². The fourth-order valence-electron chi connectivity index (χ4n) is 0.889. The van der Waals surface area contributed by atoms with Gasteiger partial charge in [0.25, 0.3) is 10.2 Å². The quantitative estimate of drug-likeness (QED) is 0.818. The minimum atomic E-state index is -3.89. The highest BCUT2D eigenvalue weighted by atomic mass is 35.5. The van der Waals surface area contributed by atoms with Crippen molar-refractivity contribution in [2.24, 2.45) is 5.14 Å². The van der Waals surface area contributed by atoms with Crippen molar-refractivity contribution in [2.45, 2.75) is 6.92 Å². The van der Waals surface area contributed by atoms with Crippen LogP contribution in [0.5, 0.6) is 0 Å². The van der Waals surface area contributed by atoms with Crippen molar-refractivity contribution in [2.75, 3.05) is 4.72 Å². The van der Waals surface area contributed by atoms with Crippen LogP contribution in [0.25, 0.3) is 0 Å². The van der Waals surface area contributed by atoms with Crippen LogP contribution in [0.2, 0.25) is 5.02 Å². The van der Waals surface area contributed by atoms with Crippen LogP contribution < -0.4 is 9.86 Å². The molecule has 0 radical (unpaired) electrons. The highest BCUT2D eigenvalue weighted by molar-refractivity contribution is 7.90. The minimum absolute atomic E-state index is 0.0397. The molecule has 14 heavy (non-hydrogen) atoms. The second-order valence-corrected chi connectivity index (χ2v) is 4.43. The molecular formula is C7H8ClFN2O2S. The number of aryl methyl sites for hydroxylation is 1. The average molecular weight is 239 g/mol. The summed E-state index contributed by atoms with van der Waals surface area (Å²) in [4.78, 5) is 0. The molecule has 4 nitrogen and oxygen atoms in total. The molecule has 0 bridgehead atoms. The summed E-state index contributed by atoms with van der Waals surface area (Å²) in [6, 6.07) is 2.28. The van der Waals surface area contributed by atoms with E-state index in [0.29, 0.717) is 0 Å². The molecule has 0 aromatic heterocycles. The molecule has 1 rings (SSSR count). The molecule has 0 unspecified atom stereocenters. The standard InChI is InChI=1S/C7H8ClFN2O2S/c1-4-2-7(11-14(10,12)13)5(8)3-6(4)9/h2-3,11H,1H3,(H2,10,12,13). The molecule has 0 amide bonds. The third kappa shape index (κ3) is 2.83. The van der Waals surface area contributed by atoms with Crippen molar-refractivity contribution in [1.29, 1.82) is 0 Å². The van der Waals surface area contributed by atoms with Gasteiger partial charge in [-0.05, 0) is 24.6 Å². The van der Waals surface area contributed by atoms with E-state index in [0.717, 1.165) is 6.07 Å². The Hall–Kier alpha value is -0.850. The Balaban J connectivity index is 3.17. The molecule has 1 aromatic carbocycles. The van der Waals surface area contributed by atoms with E-state index < -0.39 is 16.0 Å². The SMILES string of the molecule is Cc1cc(NS(N)(=O)=O)c(Cl)cc1F. The highest BCUT2D eigenvalue weighted by Gasteiger charge is 2.09. The topological polar surface area (TPSA) is 72.2 Å². The molecule has 0 saturated heterocycles. The second-order valence-electron chi connectivity index (χ2n) is 2.73. The summed E-state index contributed by atoms with van der Waals surface area (Å²) in [6.07, 6.45) is 0. The van der Waals surface area contributed by atoms with Crippen molar-refractivity contribution in [3.63, 3.8) is 0 Å². The zero-order valence-corrected chi connectivity index (χ0v) is 8.79. The molecule has 0 saturated carbocycles. The third-order valence-corrected chi connectivity index (χ3v) is 2.32. The van der Waals surface area contributed by atoms with Crippen LogP contribution >= 0.6 is 11.6 Å². The first kappa shape index (κ1) is 11.2. The van der Waals surface area contributed by atoms with Crippen LogP contribution in [0.1, 0.15) is 5.56 Å². The molecule has 0 fully saturated rings. The first-order valence-corrected chi connectivity index (χ1v) is 5.48. The van der Waals surface area contributed by atoms with Crippen molar-refractivity contribution in [3.8, 4) is 0 Å². The monoisotopic (exact) mass is 238 g/mol. The Kier molecular flexibility index (Phi) is 2.98. The Morgan fingerprint density at radius 2 is 2.07 bits per heavy atom. The summed E-state index contributed by atoms with van der Waals surface area (Å²) in [5, 5.41) is 4.69. The van der Waals surface area contributed by atoms with Gasteiger partial charge in [-0.25, -0.2) is 9.53 Å². The van der Waals surface area contributed by atoms with Gasteiger partial charge in [0.1, 0.15) is 5.82 Å². The van der Waals surface area contributed by atoms with Crippen molar-refractivity contribution < 1.29 is 12.8 Å². The lowest BCUT2D eigenvalue weighted by Crippen LogP contribution is -2.22.